The van der Waals surface area contributed by atoms with Gasteiger partial charge in [0.2, 0.25) is 0 Å². The molecule has 122 valence electrons. The molecule has 23 heavy (non-hydrogen) atoms. The van der Waals surface area contributed by atoms with Crippen LogP contribution in [0.5, 0.6) is 0 Å². The number of guanidine groups is 1. The molecule has 1 aliphatic rings. The maximum absolute atomic E-state index is 6.15. The Labute approximate surface area is 140 Å². The zero-order valence-corrected chi connectivity index (χ0v) is 14.2. The summed E-state index contributed by atoms with van der Waals surface area (Å²) in [5.74, 6) is 0.649. The Hall–Kier alpha value is -2.15. The molecule has 0 atom stereocenters. The fourth-order valence-corrected chi connectivity index (χ4v) is 3.37. The normalized spacial score (nSPS) is 16.0. The molecule has 6 nitrogen and oxygen atoms in total. The van der Waals surface area contributed by atoms with E-state index in [9.17, 15) is 0 Å². The van der Waals surface area contributed by atoms with Gasteiger partial charge in [0.05, 0.1) is 0 Å². The highest BCUT2D eigenvalue weighted by molar-refractivity contribution is 7.13. The fourth-order valence-electron chi connectivity index (χ4n) is 2.67. The SMILES string of the molecule is Cc1cnccc1CCN=C(N)N1CCN(c2nccs2)CC1. The summed E-state index contributed by atoms with van der Waals surface area (Å²) >= 11 is 1.68. The van der Waals surface area contributed by atoms with E-state index in [0.29, 0.717) is 12.5 Å². The number of thiazole rings is 1. The summed E-state index contributed by atoms with van der Waals surface area (Å²) in [7, 11) is 0. The second-order valence-corrected chi connectivity index (χ2v) is 6.45. The minimum absolute atomic E-state index is 0.649. The number of aliphatic imine (C=N–C) groups is 1. The predicted molar refractivity (Wildman–Crippen MR) is 95.1 cm³/mol. The van der Waals surface area contributed by atoms with Crippen LogP contribution in [-0.2, 0) is 6.42 Å². The molecular formula is C16H22N6S. The molecule has 0 bridgehead atoms. The Bertz CT molecular complexity index is 646. The molecule has 0 aromatic carbocycles. The summed E-state index contributed by atoms with van der Waals surface area (Å²) in [6.07, 6.45) is 6.46. The van der Waals surface area contributed by atoms with Gasteiger partial charge in [-0.25, -0.2) is 4.98 Å². The molecule has 1 fully saturated rings. The largest absolute Gasteiger partial charge is 0.370 e. The third-order valence-corrected chi connectivity index (χ3v) is 4.92. The van der Waals surface area contributed by atoms with Crippen molar-refractivity contribution in [3.05, 3.63) is 41.2 Å². The number of aryl methyl sites for hydroxylation is 1. The number of aromatic nitrogens is 2. The number of nitrogens with zero attached hydrogens (tertiary/aromatic N) is 5. The van der Waals surface area contributed by atoms with Gasteiger partial charge in [-0.15, -0.1) is 11.3 Å². The van der Waals surface area contributed by atoms with Crippen LogP contribution in [0.4, 0.5) is 5.13 Å². The van der Waals surface area contributed by atoms with Gasteiger partial charge in [0.25, 0.3) is 0 Å². The number of hydrogen-bond donors (Lipinski definition) is 1. The van der Waals surface area contributed by atoms with E-state index in [2.05, 4.69) is 31.7 Å². The lowest BCUT2D eigenvalue weighted by molar-refractivity contribution is 0.380. The zero-order valence-electron chi connectivity index (χ0n) is 13.4. The summed E-state index contributed by atoms with van der Waals surface area (Å²) in [6.45, 7) is 6.45. The second-order valence-electron chi connectivity index (χ2n) is 5.58. The minimum Gasteiger partial charge on any atom is -0.370 e. The number of piperazine rings is 1. The van der Waals surface area contributed by atoms with E-state index in [-0.39, 0.29) is 0 Å². The summed E-state index contributed by atoms with van der Waals surface area (Å²) in [4.78, 5) is 17.5. The van der Waals surface area contributed by atoms with E-state index in [1.807, 2.05) is 30.0 Å². The third kappa shape index (κ3) is 3.98. The van der Waals surface area contributed by atoms with Gasteiger partial charge in [-0.2, -0.15) is 0 Å². The van der Waals surface area contributed by atoms with Gasteiger partial charge in [0.15, 0.2) is 11.1 Å². The van der Waals surface area contributed by atoms with Gasteiger partial charge in [-0.05, 0) is 30.5 Å². The molecule has 2 aromatic rings. The van der Waals surface area contributed by atoms with E-state index in [4.69, 9.17) is 5.73 Å². The second kappa shape index (κ2) is 7.41. The molecule has 2 aromatic heterocycles. The average molecular weight is 330 g/mol. The van der Waals surface area contributed by atoms with Crippen LogP contribution < -0.4 is 10.6 Å². The van der Waals surface area contributed by atoms with Crippen LogP contribution in [0.15, 0.2) is 35.0 Å². The van der Waals surface area contributed by atoms with Crippen molar-refractivity contribution in [1.82, 2.24) is 14.9 Å². The Kier molecular flexibility index (Phi) is 5.07. The maximum Gasteiger partial charge on any atom is 0.191 e. The number of rotatable bonds is 4. The highest BCUT2D eigenvalue weighted by Crippen LogP contribution is 2.18. The highest BCUT2D eigenvalue weighted by atomic mass is 32.1. The number of nitrogens with two attached hydrogens (primary N) is 1. The zero-order chi connectivity index (χ0) is 16.1. The van der Waals surface area contributed by atoms with Gasteiger partial charge in [-0.1, -0.05) is 0 Å². The molecule has 1 aliphatic heterocycles. The van der Waals surface area contributed by atoms with Crippen molar-refractivity contribution in [3.8, 4) is 0 Å². The Morgan fingerprint density at radius 1 is 1.30 bits per heavy atom. The molecular weight excluding hydrogens is 308 g/mol. The van der Waals surface area contributed by atoms with Crippen LogP contribution in [-0.4, -0.2) is 53.6 Å². The smallest absolute Gasteiger partial charge is 0.191 e. The van der Waals surface area contributed by atoms with Gasteiger partial charge < -0.3 is 15.5 Å². The summed E-state index contributed by atoms with van der Waals surface area (Å²) in [5.41, 5.74) is 8.64. The van der Waals surface area contributed by atoms with Crippen molar-refractivity contribution >= 4 is 22.4 Å². The molecule has 3 rings (SSSR count). The maximum atomic E-state index is 6.15. The molecule has 3 heterocycles. The van der Waals surface area contributed by atoms with E-state index in [1.54, 1.807) is 11.3 Å². The first-order chi connectivity index (χ1) is 11.2. The highest BCUT2D eigenvalue weighted by Gasteiger charge is 2.19. The quantitative estimate of drug-likeness (QED) is 0.680. The third-order valence-electron chi connectivity index (χ3n) is 4.08. The van der Waals surface area contributed by atoms with E-state index >= 15 is 0 Å². The summed E-state index contributed by atoms with van der Waals surface area (Å²) < 4.78 is 0. The fraction of sp³-hybridized carbons (Fsp3) is 0.438. The van der Waals surface area contributed by atoms with Crippen LogP contribution >= 0.6 is 11.3 Å². The molecule has 0 aliphatic carbocycles. The van der Waals surface area contributed by atoms with Crippen LogP contribution in [0.3, 0.4) is 0 Å². The van der Waals surface area contributed by atoms with Crippen molar-refractivity contribution in [2.24, 2.45) is 10.7 Å². The monoisotopic (exact) mass is 330 g/mol. The van der Waals surface area contributed by atoms with Crippen LogP contribution in [0.25, 0.3) is 0 Å². The summed E-state index contributed by atoms with van der Waals surface area (Å²) in [5, 5.41) is 3.10. The first kappa shape index (κ1) is 15.7. The first-order valence-corrected chi connectivity index (χ1v) is 8.71. The van der Waals surface area contributed by atoms with Crippen LogP contribution in [0.2, 0.25) is 0 Å². The molecule has 0 amide bonds. The molecule has 0 radical (unpaired) electrons. The van der Waals surface area contributed by atoms with Crippen molar-refractivity contribution in [2.45, 2.75) is 13.3 Å². The summed E-state index contributed by atoms with van der Waals surface area (Å²) in [6, 6.07) is 2.05. The molecule has 1 saturated heterocycles. The molecule has 7 heteroatoms. The van der Waals surface area contributed by atoms with Gasteiger partial charge in [-0.3, -0.25) is 9.98 Å². The molecule has 0 unspecified atom stereocenters. The molecule has 0 spiro atoms. The van der Waals surface area contributed by atoms with Crippen LogP contribution in [0.1, 0.15) is 11.1 Å². The van der Waals surface area contributed by atoms with E-state index in [0.717, 1.165) is 37.7 Å². The van der Waals surface area contributed by atoms with Gasteiger partial charge >= 0.3 is 0 Å². The Morgan fingerprint density at radius 2 is 2.13 bits per heavy atom. The van der Waals surface area contributed by atoms with Gasteiger partial charge in [0.1, 0.15) is 0 Å². The van der Waals surface area contributed by atoms with E-state index < -0.39 is 0 Å². The van der Waals surface area contributed by atoms with Gasteiger partial charge in [0, 0.05) is 56.7 Å². The van der Waals surface area contributed by atoms with E-state index in [1.165, 1.54) is 11.1 Å². The lowest BCUT2D eigenvalue weighted by Crippen LogP contribution is -2.51. The van der Waals surface area contributed by atoms with Crippen molar-refractivity contribution < 1.29 is 0 Å². The first-order valence-electron chi connectivity index (χ1n) is 7.83. The topological polar surface area (TPSA) is 70.6 Å². The average Bonchev–Trinajstić information content (AvgIpc) is 3.11. The van der Waals surface area contributed by atoms with Crippen molar-refractivity contribution in [3.63, 3.8) is 0 Å². The molecule has 0 saturated carbocycles. The minimum atomic E-state index is 0.649. The number of hydrogen-bond acceptors (Lipinski definition) is 5. The van der Waals surface area contributed by atoms with Crippen LogP contribution in [0, 0.1) is 6.92 Å². The number of pyridine rings is 1. The Balaban J connectivity index is 1.49. The van der Waals surface area contributed by atoms with Crippen molar-refractivity contribution in [2.75, 3.05) is 37.6 Å². The lowest BCUT2D eigenvalue weighted by Gasteiger charge is -2.35. The number of anilines is 1. The lowest BCUT2D eigenvalue weighted by atomic mass is 10.1. The predicted octanol–water partition coefficient (Wildman–Crippen LogP) is 1.53. The van der Waals surface area contributed by atoms with Crippen molar-refractivity contribution in [1.29, 1.82) is 0 Å². The Morgan fingerprint density at radius 3 is 2.83 bits per heavy atom. The standard InChI is InChI=1S/C16H22N6S/c1-13-12-18-4-2-14(13)3-5-19-15(17)21-7-9-22(10-8-21)16-20-6-11-23-16/h2,4,6,11-12H,3,5,7-10H2,1H3,(H2,17,19). The molecule has 2 N–H and O–H groups in total.